The van der Waals surface area contributed by atoms with Crippen molar-refractivity contribution in [1.82, 2.24) is 24.3 Å². The molecular weight excluding hydrogens is 500 g/mol. The van der Waals surface area contributed by atoms with Gasteiger partial charge in [-0.3, -0.25) is 9.80 Å². The molecule has 2 fully saturated rings. The Bertz CT molecular complexity index is 1480. The van der Waals surface area contributed by atoms with Crippen LogP contribution >= 0.6 is 0 Å². The lowest BCUT2D eigenvalue weighted by Gasteiger charge is -2.36. The summed E-state index contributed by atoms with van der Waals surface area (Å²) in [4.78, 5) is 13.6. The number of likely N-dealkylation sites (tertiary alicyclic amines) is 1. The number of likely N-dealkylation sites (N-methyl/N-ethyl adjacent to an activating group) is 1. The van der Waals surface area contributed by atoms with Crippen LogP contribution in [0, 0.1) is 6.92 Å². The maximum atomic E-state index is 11.0. The Kier molecular flexibility index (Phi) is 7.56. The summed E-state index contributed by atoms with van der Waals surface area (Å²) >= 11 is 0. The Morgan fingerprint density at radius 2 is 1.82 bits per heavy atom. The number of aromatic nitrogens is 3. The molecule has 1 aliphatic heterocycles. The van der Waals surface area contributed by atoms with E-state index in [2.05, 4.69) is 51.5 Å². The van der Waals surface area contributed by atoms with Gasteiger partial charge in [-0.1, -0.05) is 36.4 Å². The summed E-state index contributed by atoms with van der Waals surface area (Å²) in [5.74, 6) is 2.05. The molecule has 2 aromatic carbocycles. The van der Waals surface area contributed by atoms with Crippen molar-refractivity contribution in [1.29, 1.82) is 0 Å². The molecule has 1 saturated carbocycles. The third kappa shape index (κ3) is 5.47. The number of aliphatic hydroxyl groups is 1. The van der Waals surface area contributed by atoms with Crippen molar-refractivity contribution >= 4 is 16.9 Å². The Hall–Kier alpha value is -3.72. The molecule has 3 N–H and O–H groups in total. The number of hydrogen-bond donors (Lipinski definition) is 2. The van der Waals surface area contributed by atoms with Gasteiger partial charge in [0.2, 0.25) is 0 Å². The predicted octanol–water partition coefficient (Wildman–Crippen LogP) is 5.39. The number of rotatable bonds is 9. The summed E-state index contributed by atoms with van der Waals surface area (Å²) in [6, 6.07) is 18.7. The van der Waals surface area contributed by atoms with Gasteiger partial charge in [0.25, 0.3) is 0 Å². The third-order valence-electron chi connectivity index (χ3n) is 8.22. The summed E-state index contributed by atoms with van der Waals surface area (Å²) in [6.45, 7) is 4.61. The Balaban J connectivity index is 1.26. The zero-order valence-corrected chi connectivity index (χ0v) is 23.3. The minimum Gasteiger partial charge on any atom is -0.457 e. The number of aliphatic hydroxyl groups excluding tert-OH is 1. The second kappa shape index (κ2) is 11.4. The van der Waals surface area contributed by atoms with Gasteiger partial charge in [-0.15, -0.1) is 0 Å². The molecule has 6 rings (SSSR count). The van der Waals surface area contributed by atoms with Crippen molar-refractivity contribution < 1.29 is 9.84 Å². The quantitative estimate of drug-likeness (QED) is 0.276. The fourth-order valence-corrected chi connectivity index (χ4v) is 5.96. The van der Waals surface area contributed by atoms with Crippen molar-refractivity contribution in [2.45, 2.75) is 50.9 Å². The van der Waals surface area contributed by atoms with Crippen molar-refractivity contribution in [2.24, 2.45) is 0 Å². The van der Waals surface area contributed by atoms with Gasteiger partial charge in [0.05, 0.1) is 5.39 Å². The van der Waals surface area contributed by atoms with Gasteiger partial charge in [0.1, 0.15) is 35.5 Å². The molecule has 4 aromatic rings. The first kappa shape index (κ1) is 26.5. The normalized spacial score (nSPS) is 19.1. The van der Waals surface area contributed by atoms with E-state index < -0.39 is 6.23 Å². The van der Waals surface area contributed by atoms with E-state index in [0.29, 0.717) is 11.9 Å². The number of nitrogens with two attached hydrogens (primary N) is 1. The highest BCUT2D eigenvalue weighted by Crippen LogP contribution is 2.40. The number of para-hydroxylation sites is 1. The van der Waals surface area contributed by atoms with Crippen molar-refractivity contribution in [3.8, 4) is 22.6 Å². The largest absolute Gasteiger partial charge is 0.457 e. The molecular formula is C32H38N6O2. The molecule has 0 bridgehead atoms. The zero-order valence-electron chi connectivity index (χ0n) is 23.3. The molecule has 3 heterocycles. The van der Waals surface area contributed by atoms with E-state index in [1.807, 2.05) is 48.5 Å². The molecule has 0 spiro atoms. The molecule has 2 atom stereocenters. The van der Waals surface area contributed by atoms with Crippen LogP contribution in [0.15, 0.2) is 73.1 Å². The number of hydrogen-bond acceptors (Lipinski definition) is 7. The molecule has 2 aromatic heterocycles. The molecule has 208 valence electrons. The van der Waals surface area contributed by atoms with Gasteiger partial charge in [-0.05, 0) is 75.6 Å². The lowest BCUT2D eigenvalue weighted by Crippen LogP contribution is -2.42. The van der Waals surface area contributed by atoms with Gasteiger partial charge < -0.3 is 20.1 Å². The van der Waals surface area contributed by atoms with Crippen molar-refractivity contribution in [3.05, 3.63) is 78.8 Å². The highest BCUT2D eigenvalue weighted by molar-refractivity contribution is 6.02. The molecule has 40 heavy (non-hydrogen) atoms. The van der Waals surface area contributed by atoms with Crippen LogP contribution in [-0.2, 0) is 0 Å². The van der Waals surface area contributed by atoms with Crippen LogP contribution in [0.4, 0.5) is 5.82 Å². The molecule has 1 aliphatic carbocycles. The van der Waals surface area contributed by atoms with E-state index in [4.69, 9.17) is 15.5 Å². The average Bonchev–Trinajstić information content (AvgIpc) is 3.78. The minimum atomic E-state index is -0.603. The summed E-state index contributed by atoms with van der Waals surface area (Å²) in [7, 11) is 2.15. The molecule has 0 radical (unpaired) electrons. The third-order valence-corrected chi connectivity index (χ3v) is 8.22. The van der Waals surface area contributed by atoms with Crippen molar-refractivity contribution in [3.63, 3.8) is 0 Å². The maximum absolute atomic E-state index is 11.0. The first-order valence-corrected chi connectivity index (χ1v) is 14.2. The average molecular weight is 539 g/mol. The highest BCUT2D eigenvalue weighted by atomic mass is 16.5. The standard InChI is InChI=1S/C32H38N6O2/c1-22-29(23-12-16-27(17-13-23)40-26-9-4-3-5-10-26)30-31(33)34-21-35-32(30)38(22)25-8-6-19-37(20-25)28(39)11-7-18-36(2)24-14-15-24/h3-5,7,9-13,16-17,21,24-25,28,39H,6,8,14-15,18-20H2,1-2H3,(H2,33,34,35)/b11-7+/t25-,28?/m1/s1. The number of nitrogens with zero attached hydrogens (tertiary/aromatic N) is 5. The number of nitrogen functional groups attached to an aromatic ring is 1. The maximum Gasteiger partial charge on any atom is 0.146 e. The number of piperidine rings is 1. The smallest absolute Gasteiger partial charge is 0.146 e. The second-order valence-corrected chi connectivity index (χ2v) is 11.0. The predicted molar refractivity (Wildman–Crippen MR) is 159 cm³/mol. The Morgan fingerprint density at radius 3 is 2.58 bits per heavy atom. The van der Waals surface area contributed by atoms with Crippen molar-refractivity contribution in [2.75, 3.05) is 32.4 Å². The van der Waals surface area contributed by atoms with Gasteiger partial charge in [0.15, 0.2) is 0 Å². The number of benzene rings is 2. The van der Waals surface area contributed by atoms with Crippen LogP contribution in [0.2, 0.25) is 0 Å². The fraction of sp³-hybridized carbons (Fsp3) is 0.375. The SMILES string of the molecule is Cc1c(-c2ccc(Oc3ccccc3)cc2)c2c(N)ncnc2n1[C@@H]1CCCN(C(O)/C=C/CN(C)C2CC2)C1. The van der Waals surface area contributed by atoms with Gasteiger partial charge in [-0.2, -0.15) is 0 Å². The van der Waals surface area contributed by atoms with Crippen LogP contribution in [0.1, 0.15) is 37.4 Å². The van der Waals surface area contributed by atoms with Crippen LogP contribution in [0.25, 0.3) is 22.2 Å². The van der Waals surface area contributed by atoms with Crippen LogP contribution in [-0.4, -0.2) is 68.4 Å². The van der Waals surface area contributed by atoms with E-state index in [1.54, 1.807) is 6.33 Å². The minimum absolute atomic E-state index is 0.164. The number of fused-ring (bicyclic) bond motifs is 1. The van der Waals surface area contributed by atoms with E-state index in [0.717, 1.165) is 71.8 Å². The molecule has 8 heteroatoms. The summed E-state index contributed by atoms with van der Waals surface area (Å²) < 4.78 is 8.31. The van der Waals surface area contributed by atoms with Crippen LogP contribution in [0.5, 0.6) is 11.5 Å². The Morgan fingerprint density at radius 1 is 1.07 bits per heavy atom. The molecule has 2 aliphatic rings. The molecule has 0 amide bonds. The van der Waals surface area contributed by atoms with Crippen LogP contribution < -0.4 is 10.5 Å². The van der Waals surface area contributed by atoms with Gasteiger partial charge in [-0.25, -0.2) is 9.97 Å². The summed E-state index contributed by atoms with van der Waals surface area (Å²) in [6.07, 6.45) is 9.55. The lowest BCUT2D eigenvalue weighted by atomic mass is 10.0. The van der Waals surface area contributed by atoms with Gasteiger partial charge in [0, 0.05) is 43.0 Å². The highest BCUT2D eigenvalue weighted by Gasteiger charge is 2.30. The van der Waals surface area contributed by atoms with E-state index in [9.17, 15) is 5.11 Å². The number of anilines is 1. The summed E-state index contributed by atoms with van der Waals surface area (Å²) in [5, 5.41) is 11.9. The monoisotopic (exact) mass is 538 g/mol. The molecule has 1 saturated heterocycles. The topological polar surface area (TPSA) is 92.7 Å². The molecule has 1 unspecified atom stereocenters. The summed E-state index contributed by atoms with van der Waals surface area (Å²) in [5.41, 5.74) is 10.5. The molecule has 8 nitrogen and oxygen atoms in total. The number of ether oxygens (including phenoxy) is 1. The van der Waals surface area contributed by atoms with E-state index in [1.165, 1.54) is 12.8 Å². The van der Waals surface area contributed by atoms with E-state index >= 15 is 0 Å². The van der Waals surface area contributed by atoms with E-state index in [-0.39, 0.29) is 6.04 Å². The van der Waals surface area contributed by atoms with Crippen LogP contribution in [0.3, 0.4) is 0 Å². The van der Waals surface area contributed by atoms with Gasteiger partial charge >= 0.3 is 0 Å². The fourth-order valence-electron chi connectivity index (χ4n) is 5.96. The Labute approximate surface area is 235 Å². The second-order valence-electron chi connectivity index (χ2n) is 11.0. The zero-order chi connectivity index (χ0) is 27.6. The first-order chi connectivity index (χ1) is 19.5. The first-order valence-electron chi connectivity index (χ1n) is 14.2. The lowest BCUT2D eigenvalue weighted by molar-refractivity contribution is 0.0136.